The monoisotopic (exact) mass is 333 g/mol. The Balaban J connectivity index is 2.14. The van der Waals surface area contributed by atoms with Crippen molar-refractivity contribution in [3.63, 3.8) is 0 Å². The van der Waals surface area contributed by atoms with Gasteiger partial charge >= 0.3 is 0 Å². The third-order valence-electron chi connectivity index (χ3n) is 4.48. The van der Waals surface area contributed by atoms with Crippen molar-refractivity contribution < 1.29 is 18.9 Å². The van der Waals surface area contributed by atoms with Crippen molar-refractivity contribution >= 4 is 0 Å². The van der Waals surface area contributed by atoms with Crippen LogP contribution in [-0.2, 0) is 9.47 Å². The first kappa shape index (κ1) is 18.6. The lowest BCUT2D eigenvalue weighted by Gasteiger charge is -2.35. The van der Waals surface area contributed by atoms with Gasteiger partial charge in [-0.1, -0.05) is 26.0 Å². The largest absolute Gasteiger partial charge is 0.449 e. The summed E-state index contributed by atoms with van der Waals surface area (Å²) in [4.78, 5) is 0. The van der Waals surface area contributed by atoms with Gasteiger partial charge in [0.1, 0.15) is 5.41 Å². The number of benzene rings is 1. The van der Waals surface area contributed by atoms with Crippen molar-refractivity contribution in [1.29, 1.82) is 5.26 Å². The summed E-state index contributed by atoms with van der Waals surface area (Å²) in [6, 6.07) is 9.99. The van der Waals surface area contributed by atoms with Crippen molar-refractivity contribution in [2.45, 2.75) is 53.1 Å². The molecule has 1 aromatic carbocycles. The Bertz CT molecular complexity index is 538. The molecule has 5 heteroatoms. The smallest absolute Gasteiger partial charge is 0.260 e. The van der Waals surface area contributed by atoms with E-state index in [9.17, 15) is 5.26 Å². The van der Waals surface area contributed by atoms with Gasteiger partial charge in [0.15, 0.2) is 17.8 Å². The lowest BCUT2D eigenvalue weighted by molar-refractivity contribution is -0.150. The summed E-state index contributed by atoms with van der Waals surface area (Å²) >= 11 is 0. The zero-order valence-corrected chi connectivity index (χ0v) is 15.0. The minimum atomic E-state index is -0.772. The highest BCUT2D eigenvalue weighted by Gasteiger charge is 2.48. The lowest BCUT2D eigenvalue weighted by atomic mass is 9.74. The number of rotatable bonds is 9. The molecule has 0 aromatic heterocycles. The summed E-state index contributed by atoms with van der Waals surface area (Å²) in [5, 5.41) is 9.97. The molecule has 0 radical (unpaired) electrons. The number of fused-ring (bicyclic) bond motifs is 1. The van der Waals surface area contributed by atoms with Gasteiger partial charge in [-0.2, -0.15) is 5.26 Å². The molecule has 0 N–H and O–H groups in total. The number of nitriles is 1. The molecule has 0 bridgehead atoms. The van der Waals surface area contributed by atoms with Gasteiger partial charge in [-0.25, -0.2) is 0 Å². The van der Waals surface area contributed by atoms with E-state index in [0.29, 0.717) is 37.6 Å². The Hall–Kier alpha value is -1.77. The van der Waals surface area contributed by atoms with E-state index in [1.165, 1.54) is 0 Å². The van der Waals surface area contributed by atoms with Crippen molar-refractivity contribution in [1.82, 2.24) is 0 Å². The first-order chi connectivity index (χ1) is 11.6. The van der Waals surface area contributed by atoms with Crippen LogP contribution in [0.1, 0.15) is 40.5 Å². The maximum Gasteiger partial charge on any atom is 0.260 e. The van der Waals surface area contributed by atoms with Gasteiger partial charge in [0, 0.05) is 19.6 Å². The summed E-state index contributed by atoms with van der Waals surface area (Å²) in [6.45, 7) is 9.07. The second kappa shape index (κ2) is 8.36. The van der Waals surface area contributed by atoms with Crippen LogP contribution in [0.15, 0.2) is 24.3 Å². The molecular formula is C19H27NO4. The van der Waals surface area contributed by atoms with Gasteiger partial charge in [-0.15, -0.1) is 0 Å². The molecular weight excluding hydrogens is 306 g/mol. The third kappa shape index (κ3) is 3.82. The van der Waals surface area contributed by atoms with Gasteiger partial charge in [0.25, 0.3) is 6.29 Å². The molecule has 0 fully saturated rings. The highest BCUT2D eigenvalue weighted by molar-refractivity contribution is 5.42. The summed E-state index contributed by atoms with van der Waals surface area (Å²) in [6.07, 6.45) is 0.261. The molecule has 0 saturated carbocycles. The molecule has 0 amide bonds. The van der Waals surface area contributed by atoms with Crippen molar-refractivity contribution in [3.05, 3.63) is 24.3 Å². The molecule has 1 heterocycles. The highest BCUT2D eigenvalue weighted by atomic mass is 16.7. The van der Waals surface area contributed by atoms with Crippen LogP contribution in [0.25, 0.3) is 0 Å². The molecule has 0 aliphatic carbocycles. The molecule has 5 nitrogen and oxygen atoms in total. The van der Waals surface area contributed by atoms with Crippen molar-refractivity contribution in [2.24, 2.45) is 11.3 Å². The molecule has 1 aliphatic heterocycles. The standard InChI is InChI=1S/C19H27NO4/c1-5-21-17(22-6-2)11-12-19(13-20,14(3)4)18-23-15-9-7-8-10-16(15)24-18/h7-10,14,17-18H,5-6,11-12H2,1-4H3. The van der Waals surface area contributed by atoms with Gasteiger partial charge in [0.05, 0.1) is 6.07 Å². The van der Waals surface area contributed by atoms with E-state index in [1.54, 1.807) is 0 Å². The van der Waals surface area contributed by atoms with Gasteiger partial charge in [0.2, 0.25) is 0 Å². The topological polar surface area (TPSA) is 60.7 Å². The van der Waals surface area contributed by atoms with Crippen LogP contribution in [-0.4, -0.2) is 25.8 Å². The summed E-state index contributed by atoms with van der Waals surface area (Å²) in [7, 11) is 0. The molecule has 2 rings (SSSR count). The average molecular weight is 333 g/mol. The molecule has 1 unspecified atom stereocenters. The number of ether oxygens (including phenoxy) is 4. The maximum atomic E-state index is 9.97. The predicted molar refractivity (Wildman–Crippen MR) is 90.6 cm³/mol. The normalized spacial score (nSPS) is 16.4. The average Bonchev–Trinajstić information content (AvgIpc) is 3.00. The molecule has 1 aromatic rings. The zero-order valence-electron chi connectivity index (χ0n) is 15.0. The highest BCUT2D eigenvalue weighted by Crippen LogP contribution is 2.45. The van der Waals surface area contributed by atoms with Crippen LogP contribution in [0.3, 0.4) is 0 Å². The maximum absolute atomic E-state index is 9.97. The first-order valence-corrected chi connectivity index (χ1v) is 8.64. The molecule has 1 aliphatic rings. The van der Waals surface area contributed by atoms with Crippen LogP contribution >= 0.6 is 0 Å². The second-order valence-corrected chi connectivity index (χ2v) is 6.20. The first-order valence-electron chi connectivity index (χ1n) is 8.64. The van der Waals surface area contributed by atoms with E-state index in [4.69, 9.17) is 18.9 Å². The SMILES string of the molecule is CCOC(CCC(C#N)(C(C)C)C1Oc2ccccc2O1)OCC. The van der Waals surface area contributed by atoms with E-state index < -0.39 is 11.7 Å². The Morgan fingerprint density at radius 1 is 1.12 bits per heavy atom. The number of para-hydroxylation sites is 2. The molecule has 0 spiro atoms. The van der Waals surface area contributed by atoms with Crippen LogP contribution < -0.4 is 9.47 Å². The Kier molecular flexibility index (Phi) is 6.47. The van der Waals surface area contributed by atoms with Gasteiger partial charge < -0.3 is 18.9 Å². The molecule has 132 valence electrons. The minimum Gasteiger partial charge on any atom is -0.449 e. The van der Waals surface area contributed by atoms with Crippen molar-refractivity contribution in [2.75, 3.05) is 13.2 Å². The fourth-order valence-corrected chi connectivity index (χ4v) is 2.97. The predicted octanol–water partition coefficient (Wildman–Crippen LogP) is 4.13. The molecule has 24 heavy (non-hydrogen) atoms. The number of hydrogen-bond acceptors (Lipinski definition) is 5. The van der Waals surface area contributed by atoms with Crippen LogP contribution in [0.4, 0.5) is 0 Å². The van der Waals surface area contributed by atoms with E-state index >= 15 is 0 Å². The lowest BCUT2D eigenvalue weighted by Crippen LogP contribution is -2.44. The summed E-state index contributed by atoms with van der Waals surface area (Å²) in [5.74, 6) is 1.44. The van der Waals surface area contributed by atoms with Crippen LogP contribution in [0, 0.1) is 22.7 Å². The van der Waals surface area contributed by atoms with Crippen LogP contribution in [0.5, 0.6) is 11.5 Å². The second-order valence-electron chi connectivity index (χ2n) is 6.20. The van der Waals surface area contributed by atoms with Gasteiger partial charge in [-0.05, 0) is 38.3 Å². The summed E-state index contributed by atoms with van der Waals surface area (Å²) in [5.41, 5.74) is -0.772. The quantitative estimate of drug-likeness (QED) is 0.636. The zero-order chi connectivity index (χ0) is 17.6. The van der Waals surface area contributed by atoms with E-state index in [0.717, 1.165) is 0 Å². The minimum absolute atomic E-state index is 0.0608. The van der Waals surface area contributed by atoms with Crippen molar-refractivity contribution in [3.8, 4) is 17.6 Å². The Morgan fingerprint density at radius 2 is 1.67 bits per heavy atom. The van der Waals surface area contributed by atoms with E-state index in [-0.39, 0.29) is 12.2 Å². The fourth-order valence-electron chi connectivity index (χ4n) is 2.97. The molecule has 0 saturated heterocycles. The van der Waals surface area contributed by atoms with E-state index in [1.807, 2.05) is 52.0 Å². The number of hydrogen-bond donors (Lipinski definition) is 0. The fraction of sp³-hybridized carbons (Fsp3) is 0.632. The molecule has 1 atom stereocenters. The van der Waals surface area contributed by atoms with Gasteiger partial charge in [-0.3, -0.25) is 0 Å². The third-order valence-corrected chi connectivity index (χ3v) is 4.48. The summed E-state index contributed by atoms with van der Waals surface area (Å²) < 4.78 is 23.1. The number of nitrogens with zero attached hydrogens (tertiary/aromatic N) is 1. The Morgan fingerprint density at radius 3 is 2.08 bits per heavy atom. The Labute approximate surface area is 144 Å². The van der Waals surface area contributed by atoms with E-state index in [2.05, 4.69) is 6.07 Å². The van der Waals surface area contributed by atoms with Crippen LogP contribution in [0.2, 0.25) is 0 Å².